The van der Waals surface area contributed by atoms with Gasteiger partial charge in [0.1, 0.15) is 10.5 Å². The van der Waals surface area contributed by atoms with Gasteiger partial charge in [-0.25, -0.2) is 9.78 Å². The van der Waals surface area contributed by atoms with Gasteiger partial charge < -0.3 is 5.32 Å². The predicted molar refractivity (Wildman–Crippen MR) is 121 cm³/mol. The molecule has 9 nitrogen and oxygen atoms in total. The Kier molecular flexibility index (Phi) is 5.83. The summed E-state index contributed by atoms with van der Waals surface area (Å²) in [5.74, 6) is -0.655. The number of hydrazine groups is 1. The van der Waals surface area contributed by atoms with Crippen molar-refractivity contribution in [1.82, 2.24) is 30.5 Å². The lowest BCUT2D eigenvalue weighted by Gasteiger charge is -2.34. The van der Waals surface area contributed by atoms with Gasteiger partial charge in [-0.05, 0) is 25.0 Å². The zero-order chi connectivity index (χ0) is 22.1. The number of rotatable bonds is 5. The molecule has 3 fully saturated rings. The number of carbonyl (C=O) groups excluding carboxylic acids is 3. The number of amides is 4. The van der Waals surface area contributed by atoms with Gasteiger partial charge >= 0.3 is 6.03 Å². The van der Waals surface area contributed by atoms with E-state index in [0.29, 0.717) is 12.8 Å². The van der Waals surface area contributed by atoms with Gasteiger partial charge in [0.05, 0.1) is 23.3 Å². The average Bonchev–Trinajstić information content (AvgIpc) is 3.29. The minimum absolute atomic E-state index is 0.166. The maximum Gasteiger partial charge on any atom is 0.344 e. The second kappa shape index (κ2) is 8.76. The Labute approximate surface area is 190 Å². The SMILES string of the molecule is O=C(CN1CCN(Cc2nc3ccccc3s2)CC1)NN1C(=O)NC2(CCCCC2)C1=O. The summed E-state index contributed by atoms with van der Waals surface area (Å²) < 4.78 is 1.20. The highest BCUT2D eigenvalue weighted by Gasteiger charge is 2.52. The third-order valence-electron chi connectivity index (χ3n) is 6.63. The smallest absolute Gasteiger partial charge is 0.322 e. The molecule has 170 valence electrons. The van der Waals surface area contributed by atoms with Crippen molar-refractivity contribution in [3.05, 3.63) is 29.3 Å². The van der Waals surface area contributed by atoms with E-state index in [1.807, 2.05) is 18.2 Å². The van der Waals surface area contributed by atoms with E-state index >= 15 is 0 Å². The Bertz CT molecular complexity index is 993. The van der Waals surface area contributed by atoms with Crippen LogP contribution in [0.3, 0.4) is 0 Å². The number of benzene rings is 1. The predicted octanol–water partition coefficient (Wildman–Crippen LogP) is 1.70. The van der Waals surface area contributed by atoms with Crippen molar-refractivity contribution in [2.24, 2.45) is 0 Å². The molecule has 1 aliphatic carbocycles. The number of nitrogens with one attached hydrogen (secondary N) is 2. The minimum Gasteiger partial charge on any atom is -0.322 e. The standard InChI is InChI=1S/C22H28N6O3S/c29-18(25-28-20(30)22(24-21(28)31)8-4-1-5-9-22)14-26-10-12-27(13-11-26)15-19-23-16-6-2-3-7-17(16)32-19/h2-3,6-7H,1,4-5,8-15H2,(H,24,31)(H,25,29). The Morgan fingerprint density at radius 3 is 2.53 bits per heavy atom. The number of para-hydroxylation sites is 1. The highest BCUT2D eigenvalue weighted by molar-refractivity contribution is 7.18. The lowest BCUT2D eigenvalue weighted by Crippen LogP contribution is -2.54. The number of imide groups is 1. The van der Waals surface area contributed by atoms with Crippen molar-refractivity contribution in [3.63, 3.8) is 0 Å². The van der Waals surface area contributed by atoms with E-state index in [4.69, 9.17) is 4.98 Å². The van der Waals surface area contributed by atoms with E-state index in [0.717, 1.165) is 67.5 Å². The van der Waals surface area contributed by atoms with Crippen LogP contribution >= 0.6 is 11.3 Å². The number of hydrogen-bond donors (Lipinski definition) is 2. The maximum atomic E-state index is 12.8. The molecule has 2 saturated heterocycles. The van der Waals surface area contributed by atoms with E-state index < -0.39 is 11.6 Å². The summed E-state index contributed by atoms with van der Waals surface area (Å²) in [4.78, 5) is 46.8. The molecule has 2 aliphatic heterocycles. The fourth-order valence-electron chi connectivity index (χ4n) is 4.86. The van der Waals surface area contributed by atoms with E-state index in [2.05, 4.69) is 26.6 Å². The zero-order valence-electron chi connectivity index (χ0n) is 18.0. The highest BCUT2D eigenvalue weighted by atomic mass is 32.1. The highest BCUT2D eigenvalue weighted by Crippen LogP contribution is 2.33. The Hall–Kier alpha value is -2.56. The first kappa shape index (κ1) is 21.3. The topological polar surface area (TPSA) is 97.9 Å². The normalized spacial score (nSPS) is 21.9. The van der Waals surface area contributed by atoms with Crippen LogP contribution in [0.1, 0.15) is 37.1 Å². The molecule has 2 N–H and O–H groups in total. The molecular formula is C22H28N6O3S. The number of fused-ring (bicyclic) bond motifs is 1. The van der Waals surface area contributed by atoms with Gasteiger partial charge in [0.2, 0.25) is 0 Å². The molecule has 32 heavy (non-hydrogen) atoms. The van der Waals surface area contributed by atoms with Crippen molar-refractivity contribution in [2.45, 2.75) is 44.2 Å². The van der Waals surface area contributed by atoms with Gasteiger partial charge in [0.15, 0.2) is 0 Å². The van der Waals surface area contributed by atoms with Crippen molar-refractivity contribution in [1.29, 1.82) is 0 Å². The van der Waals surface area contributed by atoms with Crippen LogP contribution in [0.25, 0.3) is 10.2 Å². The molecule has 5 rings (SSSR count). The maximum absolute atomic E-state index is 12.8. The lowest BCUT2D eigenvalue weighted by molar-refractivity contribution is -0.140. The molecule has 10 heteroatoms. The molecule has 1 aromatic carbocycles. The van der Waals surface area contributed by atoms with E-state index in [-0.39, 0.29) is 18.4 Å². The minimum atomic E-state index is -0.825. The van der Waals surface area contributed by atoms with Gasteiger partial charge in [-0.3, -0.25) is 24.8 Å². The molecule has 1 aromatic heterocycles. The number of carbonyl (C=O) groups is 3. The molecule has 0 bridgehead atoms. The summed E-state index contributed by atoms with van der Waals surface area (Å²) in [5.41, 5.74) is 2.75. The Morgan fingerprint density at radius 2 is 1.78 bits per heavy atom. The molecule has 0 unspecified atom stereocenters. The van der Waals surface area contributed by atoms with E-state index in [9.17, 15) is 14.4 Å². The van der Waals surface area contributed by atoms with E-state index in [1.54, 1.807) is 11.3 Å². The molecule has 3 heterocycles. The lowest BCUT2D eigenvalue weighted by atomic mass is 9.82. The van der Waals surface area contributed by atoms with Crippen molar-refractivity contribution < 1.29 is 14.4 Å². The van der Waals surface area contributed by atoms with Crippen LogP contribution in [0.15, 0.2) is 24.3 Å². The number of hydrogen-bond acceptors (Lipinski definition) is 7. The monoisotopic (exact) mass is 456 g/mol. The zero-order valence-corrected chi connectivity index (χ0v) is 18.8. The van der Waals surface area contributed by atoms with Gasteiger partial charge in [-0.15, -0.1) is 11.3 Å². The Morgan fingerprint density at radius 1 is 1.06 bits per heavy atom. The number of urea groups is 1. The van der Waals surface area contributed by atoms with Crippen LogP contribution < -0.4 is 10.7 Å². The van der Waals surface area contributed by atoms with Crippen LogP contribution in [-0.4, -0.2) is 75.9 Å². The molecule has 3 aliphatic rings. The summed E-state index contributed by atoms with van der Waals surface area (Å²) in [6.07, 6.45) is 4.17. The third kappa shape index (κ3) is 4.22. The van der Waals surface area contributed by atoms with Gasteiger partial charge in [-0.1, -0.05) is 31.4 Å². The first-order chi connectivity index (χ1) is 15.5. The summed E-state index contributed by atoms with van der Waals surface area (Å²) in [7, 11) is 0. The summed E-state index contributed by atoms with van der Waals surface area (Å²) >= 11 is 1.72. The molecular weight excluding hydrogens is 428 g/mol. The third-order valence-corrected chi connectivity index (χ3v) is 7.66. The molecule has 1 saturated carbocycles. The number of piperazine rings is 1. The number of nitrogens with zero attached hydrogens (tertiary/aromatic N) is 4. The summed E-state index contributed by atoms with van der Waals surface area (Å²) in [6, 6.07) is 7.64. The second-order valence-corrected chi connectivity index (χ2v) is 9.99. The Balaban J connectivity index is 1.10. The number of aromatic nitrogens is 1. The fraction of sp³-hybridized carbons (Fsp3) is 0.545. The van der Waals surface area contributed by atoms with Crippen LogP contribution in [0.5, 0.6) is 0 Å². The van der Waals surface area contributed by atoms with Gasteiger partial charge in [-0.2, -0.15) is 5.01 Å². The van der Waals surface area contributed by atoms with Crippen molar-refractivity contribution in [3.8, 4) is 0 Å². The van der Waals surface area contributed by atoms with Gasteiger partial charge in [0, 0.05) is 26.2 Å². The fourth-order valence-corrected chi connectivity index (χ4v) is 5.87. The number of thiazole rings is 1. The summed E-state index contributed by atoms with van der Waals surface area (Å²) in [6.45, 7) is 4.17. The van der Waals surface area contributed by atoms with Crippen molar-refractivity contribution >= 4 is 39.4 Å². The first-order valence-corrected chi connectivity index (χ1v) is 12.1. The van der Waals surface area contributed by atoms with Crippen LogP contribution in [0, 0.1) is 0 Å². The van der Waals surface area contributed by atoms with Crippen LogP contribution in [0.4, 0.5) is 4.79 Å². The molecule has 0 radical (unpaired) electrons. The van der Waals surface area contributed by atoms with Crippen LogP contribution in [-0.2, 0) is 16.1 Å². The summed E-state index contributed by atoms with van der Waals surface area (Å²) in [5, 5.41) is 4.80. The van der Waals surface area contributed by atoms with E-state index in [1.165, 1.54) is 4.70 Å². The average molecular weight is 457 g/mol. The largest absolute Gasteiger partial charge is 0.344 e. The quantitative estimate of drug-likeness (QED) is 0.665. The molecule has 2 aromatic rings. The second-order valence-electron chi connectivity index (χ2n) is 8.88. The van der Waals surface area contributed by atoms with Crippen molar-refractivity contribution in [2.75, 3.05) is 32.7 Å². The van der Waals surface area contributed by atoms with Gasteiger partial charge in [0.25, 0.3) is 11.8 Å². The first-order valence-electron chi connectivity index (χ1n) is 11.3. The molecule has 1 spiro atoms. The molecule has 0 atom stereocenters. The van der Waals surface area contributed by atoms with Crippen LogP contribution in [0.2, 0.25) is 0 Å². The molecule has 4 amide bonds.